The summed E-state index contributed by atoms with van der Waals surface area (Å²) in [5.74, 6) is 1.47. The highest BCUT2D eigenvalue weighted by Gasteiger charge is 2.31. The lowest BCUT2D eigenvalue weighted by atomic mass is 9.96. The van der Waals surface area contributed by atoms with E-state index in [1.165, 1.54) is 11.8 Å². The van der Waals surface area contributed by atoms with Crippen LogP contribution < -0.4 is 10.1 Å². The van der Waals surface area contributed by atoms with E-state index < -0.39 is 0 Å². The lowest BCUT2D eigenvalue weighted by Gasteiger charge is -2.31. The number of aromatic nitrogens is 4. The summed E-state index contributed by atoms with van der Waals surface area (Å²) in [5.41, 5.74) is 3.98. The highest BCUT2D eigenvalue weighted by atomic mass is 32.2. The van der Waals surface area contributed by atoms with Gasteiger partial charge >= 0.3 is 0 Å². The molecular weight excluding hydrogens is 450 g/mol. The van der Waals surface area contributed by atoms with Crippen LogP contribution in [0, 0.1) is 0 Å². The first kappa shape index (κ1) is 22.4. The van der Waals surface area contributed by atoms with E-state index in [0.717, 1.165) is 28.3 Å². The number of fused-ring (bicyclic) bond motifs is 3. The Kier molecular flexibility index (Phi) is 5.97. The Bertz CT molecular complexity index is 1350. The first-order chi connectivity index (χ1) is 16.4. The molecule has 0 unspecified atom stereocenters. The largest absolute Gasteiger partial charge is 0.497 e. The van der Waals surface area contributed by atoms with Crippen molar-refractivity contribution in [1.82, 2.24) is 19.6 Å². The van der Waals surface area contributed by atoms with Gasteiger partial charge in [-0.25, -0.2) is 4.98 Å². The van der Waals surface area contributed by atoms with E-state index in [1.54, 1.807) is 13.2 Å². The van der Waals surface area contributed by atoms with Crippen LogP contribution in [0.15, 0.2) is 59.8 Å². The van der Waals surface area contributed by atoms with Crippen LogP contribution in [0.1, 0.15) is 25.1 Å². The predicted octanol–water partition coefficient (Wildman–Crippen LogP) is 4.38. The summed E-state index contributed by atoms with van der Waals surface area (Å²) in [6.45, 7) is 4.55. The second-order valence-corrected chi connectivity index (χ2v) is 9.60. The van der Waals surface area contributed by atoms with Gasteiger partial charge in [0.15, 0.2) is 10.8 Å². The molecule has 0 saturated carbocycles. The quantitative estimate of drug-likeness (QED) is 0.414. The second-order valence-electron chi connectivity index (χ2n) is 8.66. The third-order valence-corrected chi connectivity index (χ3v) is 6.55. The number of hydrogen-bond donors (Lipinski definition) is 1. The van der Waals surface area contributed by atoms with Gasteiger partial charge in [0.1, 0.15) is 11.6 Å². The van der Waals surface area contributed by atoms with Gasteiger partial charge in [-0.2, -0.15) is 0 Å². The van der Waals surface area contributed by atoms with Crippen LogP contribution in [0.2, 0.25) is 0 Å². The molecule has 1 aliphatic heterocycles. The van der Waals surface area contributed by atoms with Gasteiger partial charge in [0.25, 0.3) is 0 Å². The third-order valence-electron chi connectivity index (χ3n) is 5.62. The Labute approximate surface area is 201 Å². The number of nitrogens with zero attached hydrogens (tertiary/aromatic N) is 4. The third kappa shape index (κ3) is 4.49. The highest BCUT2D eigenvalue weighted by Crippen LogP contribution is 2.33. The minimum atomic E-state index is -0.290. The van der Waals surface area contributed by atoms with Crippen molar-refractivity contribution >= 4 is 29.0 Å². The van der Waals surface area contributed by atoms with Crippen molar-refractivity contribution in [3.05, 3.63) is 65.9 Å². The van der Waals surface area contributed by atoms with E-state index in [9.17, 15) is 4.79 Å². The maximum Gasteiger partial charge on any atom is 0.234 e. The molecule has 1 N–H and O–H groups in total. The van der Waals surface area contributed by atoms with Gasteiger partial charge in [-0.15, -0.1) is 10.2 Å². The zero-order valence-corrected chi connectivity index (χ0v) is 20.1. The minimum absolute atomic E-state index is 0.146. The lowest BCUT2D eigenvalue weighted by Crippen LogP contribution is -2.33. The second kappa shape index (κ2) is 9.08. The number of amides is 1. The molecule has 8 nitrogen and oxygen atoms in total. The number of nitrogens with one attached hydrogen (secondary N) is 1. The number of benzene rings is 2. The molecule has 4 aromatic rings. The van der Waals surface area contributed by atoms with Gasteiger partial charge in [-0.3, -0.25) is 9.20 Å². The summed E-state index contributed by atoms with van der Waals surface area (Å²) in [7, 11) is 1.59. The van der Waals surface area contributed by atoms with Crippen molar-refractivity contribution in [2.24, 2.45) is 0 Å². The minimum Gasteiger partial charge on any atom is -0.497 e. The molecule has 9 heteroatoms. The molecule has 1 amide bonds. The first-order valence-electron chi connectivity index (χ1n) is 11.0. The fourth-order valence-corrected chi connectivity index (χ4v) is 4.68. The van der Waals surface area contributed by atoms with Crippen molar-refractivity contribution < 1.29 is 14.3 Å². The van der Waals surface area contributed by atoms with Crippen molar-refractivity contribution in [3.63, 3.8) is 0 Å². The fraction of sp³-hybridized carbons (Fsp3) is 0.280. The maximum absolute atomic E-state index is 12.6. The number of hydrogen-bond acceptors (Lipinski definition) is 7. The summed E-state index contributed by atoms with van der Waals surface area (Å²) in [5, 5.41) is 12.4. The Morgan fingerprint density at radius 1 is 1.18 bits per heavy atom. The summed E-state index contributed by atoms with van der Waals surface area (Å²) >= 11 is 1.32. The zero-order chi connectivity index (χ0) is 23.7. The lowest BCUT2D eigenvalue weighted by molar-refractivity contribution is -0.113. The summed E-state index contributed by atoms with van der Waals surface area (Å²) in [6, 6.07) is 17.2. The van der Waals surface area contributed by atoms with Crippen molar-refractivity contribution in [1.29, 1.82) is 0 Å². The molecule has 2 aromatic carbocycles. The molecule has 3 heterocycles. The van der Waals surface area contributed by atoms with Gasteiger partial charge in [0.2, 0.25) is 5.91 Å². The molecular formula is C25H25N5O3S. The normalized spacial score (nSPS) is 14.6. The summed E-state index contributed by atoms with van der Waals surface area (Å²) in [4.78, 5) is 17.7. The van der Waals surface area contributed by atoms with Crippen LogP contribution >= 0.6 is 11.8 Å². The van der Waals surface area contributed by atoms with Crippen LogP contribution in [-0.2, 0) is 22.6 Å². The number of rotatable bonds is 6. The fourth-order valence-electron chi connectivity index (χ4n) is 3.95. The molecule has 0 radical (unpaired) electrons. The average molecular weight is 476 g/mol. The highest BCUT2D eigenvalue weighted by molar-refractivity contribution is 7.99. The van der Waals surface area contributed by atoms with Crippen LogP contribution in [0.5, 0.6) is 5.75 Å². The summed E-state index contributed by atoms with van der Waals surface area (Å²) < 4.78 is 13.2. The first-order valence-corrected chi connectivity index (χ1v) is 11.9. The van der Waals surface area contributed by atoms with Crippen LogP contribution in [0.25, 0.3) is 17.0 Å². The van der Waals surface area contributed by atoms with Crippen molar-refractivity contribution in [3.8, 4) is 17.1 Å². The Balaban J connectivity index is 1.47. The van der Waals surface area contributed by atoms with Gasteiger partial charge in [0.05, 0.1) is 30.8 Å². The molecule has 5 rings (SSSR count). The predicted molar refractivity (Wildman–Crippen MR) is 131 cm³/mol. The molecule has 0 spiro atoms. The number of thioether (sulfide) groups is 1. The molecule has 0 fully saturated rings. The van der Waals surface area contributed by atoms with Gasteiger partial charge < -0.3 is 14.8 Å². The molecule has 0 bridgehead atoms. The number of carbonyl (C=O) groups is 1. The smallest absolute Gasteiger partial charge is 0.234 e. The van der Waals surface area contributed by atoms with Crippen molar-refractivity contribution in [2.75, 3.05) is 18.2 Å². The molecule has 0 saturated heterocycles. The van der Waals surface area contributed by atoms with Crippen LogP contribution in [-0.4, -0.2) is 44.0 Å². The number of carbonyl (C=O) groups excluding carboxylic acids is 1. The number of anilines is 1. The molecule has 2 aromatic heterocycles. The molecule has 1 aliphatic rings. The summed E-state index contributed by atoms with van der Waals surface area (Å²) in [6.07, 6.45) is 0.691. The molecule has 34 heavy (non-hydrogen) atoms. The standard InChI is InChI=1S/C25H25N5O3S/c1-25(2)13-20-19(14-33-25)23-28-29-24(30(23)22(27-20)16-8-5-4-6-9-16)34-15-21(31)26-17-10-7-11-18(12-17)32-3/h4-12H,13-15H2,1-3H3,(H,26,31). The van der Waals surface area contributed by atoms with Crippen molar-refractivity contribution in [2.45, 2.75) is 37.6 Å². The topological polar surface area (TPSA) is 90.6 Å². The van der Waals surface area contributed by atoms with E-state index in [-0.39, 0.29) is 17.3 Å². The van der Waals surface area contributed by atoms with Crippen LogP contribution in [0.3, 0.4) is 0 Å². The zero-order valence-electron chi connectivity index (χ0n) is 19.2. The average Bonchev–Trinajstić information content (AvgIpc) is 3.26. The monoisotopic (exact) mass is 475 g/mol. The SMILES string of the molecule is COc1cccc(NC(=O)CSc2nnc3c4c(nc(-c5ccccc5)n23)CC(C)(C)OC4)c1. The molecule has 174 valence electrons. The molecule has 0 aliphatic carbocycles. The van der Waals surface area contributed by atoms with E-state index in [1.807, 2.05) is 52.9 Å². The molecule has 0 atom stereocenters. The number of ether oxygens (including phenoxy) is 2. The Hall–Kier alpha value is -3.43. The Morgan fingerprint density at radius 3 is 2.79 bits per heavy atom. The maximum atomic E-state index is 12.6. The number of methoxy groups -OCH3 is 1. The van der Waals surface area contributed by atoms with Gasteiger partial charge in [-0.05, 0) is 26.0 Å². The van der Waals surface area contributed by atoms with E-state index in [4.69, 9.17) is 14.5 Å². The van der Waals surface area contributed by atoms with Crippen LogP contribution in [0.4, 0.5) is 5.69 Å². The van der Waals surface area contributed by atoms with Gasteiger partial charge in [-0.1, -0.05) is 48.2 Å². The van der Waals surface area contributed by atoms with E-state index in [2.05, 4.69) is 29.4 Å². The Morgan fingerprint density at radius 2 is 2.00 bits per heavy atom. The van der Waals surface area contributed by atoms with E-state index >= 15 is 0 Å². The van der Waals surface area contributed by atoms with Gasteiger partial charge in [0, 0.05) is 29.3 Å². The van der Waals surface area contributed by atoms with E-state index in [0.29, 0.717) is 29.6 Å².